The number of hydrogen-bond acceptors (Lipinski definition) is 5. The molecule has 1 saturated heterocycles. The summed E-state index contributed by atoms with van der Waals surface area (Å²) >= 11 is 0. The van der Waals surface area contributed by atoms with E-state index in [1.54, 1.807) is 15.2 Å². The zero-order chi connectivity index (χ0) is 17.4. The summed E-state index contributed by atoms with van der Waals surface area (Å²) in [5.41, 5.74) is 0.307. The molecule has 2 aliphatic carbocycles. The molecular formula is C16H25N5O3S. The van der Waals surface area contributed by atoms with Crippen LogP contribution in [0.25, 0.3) is 0 Å². The molecule has 1 aromatic rings. The second-order valence-corrected chi connectivity index (χ2v) is 9.60. The van der Waals surface area contributed by atoms with Gasteiger partial charge in [-0.2, -0.15) is 4.31 Å². The highest BCUT2D eigenvalue weighted by Crippen LogP contribution is 2.35. The number of nitrogens with zero attached hydrogens (tertiary/aromatic N) is 4. The Balaban J connectivity index is 1.39. The lowest BCUT2D eigenvalue weighted by atomic mass is 10.2. The Hall–Kier alpha value is -1.48. The maximum absolute atomic E-state index is 12.5. The Morgan fingerprint density at radius 3 is 2.64 bits per heavy atom. The maximum atomic E-state index is 12.5. The molecule has 0 aromatic carbocycles. The average molecular weight is 367 g/mol. The summed E-state index contributed by atoms with van der Waals surface area (Å²) in [7, 11) is -3.17. The quantitative estimate of drug-likeness (QED) is 0.806. The van der Waals surface area contributed by atoms with Gasteiger partial charge in [-0.05, 0) is 38.5 Å². The minimum absolute atomic E-state index is 0.0851. The molecule has 4 rings (SSSR count). The Morgan fingerprint density at radius 2 is 1.92 bits per heavy atom. The Kier molecular flexibility index (Phi) is 4.53. The molecule has 8 nitrogen and oxygen atoms in total. The highest BCUT2D eigenvalue weighted by Gasteiger charge is 2.44. The monoisotopic (exact) mass is 367 g/mol. The van der Waals surface area contributed by atoms with Gasteiger partial charge in [-0.1, -0.05) is 18.1 Å². The molecule has 138 valence electrons. The van der Waals surface area contributed by atoms with Gasteiger partial charge in [0.25, 0.3) is 5.91 Å². The maximum Gasteiger partial charge on any atom is 0.273 e. The van der Waals surface area contributed by atoms with E-state index in [4.69, 9.17) is 0 Å². The second-order valence-electron chi connectivity index (χ2n) is 7.43. The zero-order valence-corrected chi connectivity index (χ0v) is 15.1. The topological polar surface area (TPSA) is 97.2 Å². The van der Waals surface area contributed by atoms with Crippen LogP contribution in [0.3, 0.4) is 0 Å². The Morgan fingerprint density at radius 1 is 1.16 bits per heavy atom. The van der Waals surface area contributed by atoms with Gasteiger partial charge < -0.3 is 5.32 Å². The summed E-state index contributed by atoms with van der Waals surface area (Å²) in [5, 5.41) is 10.8. The molecule has 1 aliphatic heterocycles. The predicted molar refractivity (Wildman–Crippen MR) is 91.4 cm³/mol. The lowest BCUT2D eigenvalue weighted by Crippen LogP contribution is -2.40. The lowest BCUT2D eigenvalue weighted by Gasteiger charge is -2.23. The summed E-state index contributed by atoms with van der Waals surface area (Å²) in [6.45, 7) is 1.04. The van der Waals surface area contributed by atoms with Crippen LogP contribution in [0.15, 0.2) is 6.20 Å². The van der Waals surface area contributed by atoms with Crippen LogP contribution in [0.2, 0.25) is 0 Å². The molecule has 0 unspecified atom stereocenters. The average Bonchev–Trinajstić information content (AvgIpc) is 3.00. The van der Waals surface area contributed by atoms with Crippen LogP contribution in [-0.2, 0) is 16.6 Å². The Labute approximate surface area is 148 Å². The molecule has 1 aromatic heterocycles. The highest BCUT2D eigenvalue weighted by molar-refractivity contribution is 7.90. The number of hydrogen-bond donors (Lipinski definition) is 1. The number of carbonyl (C=O) groups is 1. The van der Waals surface area contributed by atoms with Gasteiger partial charge in [0, 0.05) is 18.6 Å². The van der Waals surface area contributed by atoms with Gasteiger partial charge in [-0.15, -0.1) is 5.10 Å². The summed E-state index contributed by atoms with van der Waals surface area (Å²) < 4.78 is 28.3. The molecule has 0 bridgehead atoms. The first-order valence-corrected chi connectivity index (χ1v) is 10.8. The van der Waals surface area contributed by atoms with Crippen molar-refractivity contribution in [3.8, 4) is 0 Å². The van der Waals surface area contributed by atoms with Gasteiger partial charge in [0.15, 0.2) is 5.69 Å². The molecular weight excluding hydrogens is 342 g/mol. The van der Waals surface area contributed by atoms with Crippen molar-refractivity contribution in [2.45, 2.75) is 75.2 Å². The first-order chi connectivity index (χ1) is 12.0. The molecule has 2 saturated carbocycles. The number of aromatic nitrogens is 3. The van der Waals surface area contributed by atoms with Gasteiger partial charge in [0.1, 0.15) is 0 Å². The van der Waals surface area contributed by atoms with E-state index >= 15 is 0 Å². The number of sulfonamides is 1. The molecule has 1 N–H and O–H groups in total. The minimum Gasteiger partial charge on any atom is -0.348 e. The number of rotatable bonds is 6. The minimum atomic E-state index is -3.17. The molecule has 0 spiro atoms. The van der Waals surface area contributed by atoms with Crippen LogP contribution in [0.1, 0.15) is 61.9 Å². The van der Waals surface area contributed by atoms with Crippen molar-refractivity contribution in [3.63, 3.8) is 0 Å². The van der Waals surface area contributed by atoms with Gasteiger partial charge in [0.2, 0.25) is 10.0 Å². The summed E-state index contributed by atoms with van der Waals surface area (Å²) in [6, 6.07) is 0.157. The van der Waals surface area contributed by atoms with Crippen molar-refractivity contribution < 1.29 is 13.2 Å². The van der Waals surface area contributed by atoms with Gasteiger partial charge in [-0.3, -0.25) is 9.48 Å². The van der Waals surface area contributed by atoms with Gasteiger partial charge >= 0.3 is 0 Å². The number of amides is 1. The molecule has 3 fully saturated rings. The first kappa shape index (κ1) is 17.0. The fraction of sp³-hybridized carbons (Fsp3) is 0.812. The van der Waals surface area contributed by atoms with Gasteiger partial charge in [-0.25, -0.2) is 8.42 Å². The largest absolute Gasteiger partial charge is 0.348 e. The van der Waals surface area contributed by atoms with Crippen LogP contribution >= 0.6 is 0 Å². The van der Waals surface area contributed by atoms with Crippen molar-refractivity contribution in [3.05, 3.63) is 11.9 Å². The number of carbonyl (C=O) groups excluding carboxylic acids is 1. The third-order valence-electron chi connectivity index (χ3n) is 5.46. The van der Waals surface area contributed by atoms with Crippen LogP contribution in [-0.4, -0.2) is 57.5 Å². The van der Waals surface area contributed by atoms with E-state index in [0.717, 1.165) is 51.4 Å². The molecule has 9 heteroatoms. The smallest absolute Gasteiger partial charge is 0.273 e. The van der Waals surface area contributed by atoms with E-state index in [9.17, 15) is 13.2 Å². The first-order valence-electron chi connectivity index (χ1n) is 9.26. The van der Waals surface area contributed by atoms with Crippen molar-refractivity contribution in [2.24, 2.45) is 0 Å². The van der Waals surface area contributed by atoms with Crippen molar-refractivity contribution in [1.29, 1.82) is 0 Å². The van der Waals surface area contributed by atoms with E-state index in [1.165, 1.54) is 0 Å². The fourth-order valence-electron chi connectivity index (χ4n) is 3.92. The lowest BCUT2D eigenvalue weighted by molar-refractivity contribution is 0.0932. The Bertz CT molecular complexity index is 737. The molecule has 2 heterocycles. The molecule has 0 radical (unpaired) electrons. The second kappa shape index (κ2) is 6.68. The van der Waals surface area contributed by atoms with Crippen LogP contribution in [0.5, 0.6) is 0 Å². The van der Waals surface area contributed by atoms with E-state index in [0.29, 0.717) is 18.8 Å². The summed E-state index contributed by atoms with van der Waals surface area (Å²) in [6.07, 6.45) is 9.25. The van der Waals surface area contributed by atoms with Gasteiger partial charge in [0.05, 0.1) is 18.0 Å². The molecule has 1 amide bonds. The standard InChI is InChI=1S/C16H25N5O3S/c22-16(17-12-4-1-2-5-12)15-11-20(19-18-15)10-13-6-3-9-21(13)25(23,24)14-7-8-14/h11-14H,1-10H2,(H,17,22)/t13-/m0/s1. The summed E-state index contributed by atoms with van der Waals surface area (Å²) in [4.78, 5) is 12.2. The fourth-order valence-corrected chi connectivity index (χ4v) is 6.01. The van der Waals surface area contributed by atoms with Crippen LogP contribution in [0.4, 0.5) is 0 Å². The zero-order valence-electron chi connectivity index (χ0n) is 14.3. The van der Waals surface area contributed by atoms with Crippen molar-refractivity contribution >= 4 is 15.9 Å². The predicted octanol–water partition coefficient (Wildman–Crippen LogP) is 0.907. The molecule has 25 heavy (non-hydrogen) atoms. The van der Waals surface area contributed by atoms with Crippen LogP contribution < -0.4 is 5.32 Å². The van der Waals surface area contributed by atoms with Crippen molar-refractivity contribution in [2.75, 3.05) is 6.54 Å². The molecule has 3 aliphatic rings. The van der Waals surface area contributed by atoms with E-state index in [1.807, 2.05) is 0 Å². The third kappa shape index (κ3) is 3.57. The van der Waals surface area contributed by atoms with Crippen molar-refractivity contribution in [1.82, 2.24) is 24.6 Å². The molecule has 1 atom stereocenters. The normalized spacial score (nSPS) is 25.5. The summed E-state index contributed by atoms with van der Waals surface area (Å²) in [5.74, 6) is -0.188. The third-order valence-corrected chi connectivity index (χ3v) is 7.90. The number of nitrogens with one attached hydrogen (secondary N) is 1. The highest BCUT2D eigenvalue weighted by atomic mass is 32.2. The van der Waals surface area contributed by atoms with Crippen LogP contribution in [0, 0.1) is 0 Å². The SMILES string of the molecule is O=C(NC1CCCC1)c1cn(C[C@@H]2CCCN2S(=O)(=O)C2CC2)nn1. The van der Waals surface area contributed by atoms with E-state index in [-0.39, 0.29) is 23.2 Å². The van der Waals surface area contributed by atoms with E-state index in [2.05, 4.69) is 15.6 Å². The van der Waals surface area contributed by atoms with E-state index < -0.39 is 10.0 Å².